The number of hydrogen-bond donors (Lipinski definition) is 1. The van der Waals surface area contributed by atoms with Gasteiger partial charge in [-0.1, -0.05) is 12.1 Å². The molecule has 1 N–H and O–H groups in total. The quantitative estimate of drug-likeness (QED) is 0.660. The highest BCUT2D eigenvalue weighted by Gasteiger charge is 2.27. The average Bonchev–Trinajstić information content (AvgIpc) is 2.26. The minimum absolute atomic E-state index is 0.0278. The normalized spacial score (nSPS) is 13.7. The summed E-state index contributed by atoms with van der Waals surface area (Å²) in [6, 6.07) is 4.36. The van der Waals surface area contributed by atoms with Gasteiger partial charge in [0.15, 0.2) is 0 Å². The largest absolute Gasteiger partial charge is 0.411 e. The zero-order valence-electron chi connectivity index (χ0n) is 9.18. The number of rotatable bonds is 5. The molecule has 0 saturated carbocycles. The SMILES string of the molecule is OC(CCOCC(F)(F)F)c1cccc(Br)c1F. The highest BCUT2D eigenvalue weighted by molar-refractivity contribution is 9.10. The first kappa shape index (κ1) is 15.4. The van der Waals surface area contributed by atoms with Crippen molar-refractivity contribution in [3.63, 3.8) is 0 Å². The molecule has 1 unspecified atom stereocenters. The Hall–Kier alpha value is -0.660. The molecule has 0 aliphatic rings. The van der Waals surface area contributed by atoms with Crippen molar-refractivity contribution in [3.05, 3.63) is 34.1 Å². The molecular weight excluding hydrogens is 320 g/mol. The predicted molar refractivity (Wildman–Crippen MR) is 60.6 cm³/mol. The fraction of sp³-hybridized carbons (Fsp3) is 0.455. The van der Waals surface area contributed by atoms with Crippen LogP contribution < -0.4 is 0 Å². The van der Waals surface area contributed by atoms with Crippen LogP contribution in [0.25, 0.3) is 0 Å². The van der Waals surface area contributed by atoms with Crippen LogP contribution in [0.2, 0.25) is 0 Å². The van der Waals surface area contributed by atoms with Crippen LogP contribution in [-0.4, -0.2) is 24.5 Å². The first-order valence-electron chi connectivity index (χ1n) is 5.07. The van der Waals surface area contributed by atoms with E-state index in [0.717, 1.165) is 0 Å². The van der Waals surface area contributed by atoms with Crippen molar-refractivity contribution in [1.29, 1.82) is 0 Å². The van der Waals surface area contributed by atoms with Gasteiger partial charge < -0.3 is 9.84 Å². The third-order valence-corrected chi connectivity index (χ3v) is 2.75. The Kier molecular flexibility index (Phi) is 5.55. The van der Waals surface area contributed by atoms with Gasteiger partial charge in [-0.3, -0.25) is 0 Å². The molecule has 0 radical (unpaired) electrons. The molecule has 7 heteroatoms. The first-order chi connectivity index (χ1) is 8.31. The maximum absolute atomic E-state index is 13.5. The molecule has 102 valence electrons. The lowest BCUT2D eigenvalue weighted by Crippen LogP contribution is -2.18. The summed E-state index contributed by atoms with van der Waals surface area (Å²) in [5, 5.41) is 9.63. The molecule has 18 heavy (non-hydrogen) atoms. The molecule has 2 nitrogen and oxygen atoms in total. The van der Waals surface area contributed by atoms with E-state index in [-0.39, 0.29) is 23.1 Å². The topological polar surface area (TPSA) is 29.5 Å². The molecule has 0 heterocycles. The van der Waals surface area contributed by atoms with Gasteiger partial charge in [-0.25, -0.2) is 4.39 Å². The molecule has 0 bridgehead atoms. The lowest BCUT2D eigenvalue weighted by atomic mass is 10.1. The Bertz CT molecular complexity index is 395. The number of hydrogen-bond acceptors (Lipinski definition) is 2. The van der Waals surface area contributed by atoms with E-state index in [9.17, 15) is 22.7 Å². The van der Waals surface area contributed by atoms with Crippen LogP contribution in [0, 0.1) is 5.82 Å². The zero-order valence-corrected chi connectivity index (χ0v) is 10.8. The summed E-state index contributed by atoms with van der Waals surface area (Å²) in [6.45, 7) is -1.67. The number of aliphatic hydroxyl groups is 1. The lowest BCUT2D eigenvalue weighted by Gasteiger charge is -2.13. The summed E-state index contributed by atoms with van der Waals surface area (Å²) in [6.07, 6.45) is -5.70. The number of benzene rings is 1. The van der Waals surface area contributed by atoms with Gasteiger partial charge >= 0.3 is 6.18 Å². The number of aliphatic hydroxyl groups excluding tert-OH is 1. The fourth-order valence-corrected chi connectivity index (χ4v) is 1.70. The van der Waals surface area contributed by atoms with Crippen LogP contribution in [0.1, 0.15) is 18.1 Å². The summed E-state index contributed by atoms with van der Waals surface area (Å²) in [7, 11) is 0. The minimum Gasteiger partial charge on any atom is -0.388 e. The van der Waals surface area contributed by atoms with Gasteiger partial charge in [-0.05, 0) is 22.0 Å². The van der Waals surface area contributed by atoms with Crippen LogP contribution >= 0.6 is 15.9 Å². The monoisotopic (exact) mass is 330 g/mol. The Morgan fingerprint density at radius 1 is 1.33 bits per heavy atom. The van der Waals surface area contributed by atoms with Crippen molar-refractivity contribution in [3.8, 4) is 0 Å². The fourth-order valence-electron chi connectivity index (χ4n) is 1.32. The van der Waals surface area contributed by atoms with Crippen LogP contribution in [0.4, 0.5) is 17.6 Å². The summed E-state index contributed by atoms with van der Waals surface area (Å²) in [4.78, 5) is 0. The lowest BCUT2D eigenvalue weighted by molar-refractivity contribution is -0.175. The first-order valence-corrected chi connectivity index (χ1v) is 5.87. The van der Waals surface area contributed by atoms with E-state index in [4.69, 9.17) is 0 Å². The molecule has 0 spiro atoms. The Morgan fingerprint density at radius 3 is 2.61 bits per heavy atom. The highest BCUT2D eigenvalue weighted by Crippen LogP contribution is 2.25. The molecule has 0 saturated heterocycles. The van der Waals surface area contributed by atoms with Crippen molar-refractivity contribution in [2.24, 2.45) is 0 Å². The summed E-state index contributed by atoms with van der Waals surface area (Å²) >= 11 is 2.96. The van der Waals surface area contributed by atoms with Gasteiger partial charge in [-0.2, -0.15) is 13.2 Å². The van der Waals surface area contributed by atoms with Crippen LogP contribution in [-0.2, 0) is 4.74 Å². The Labute approximate surface area is 110 Å². The van der Waals surface area contributed by atoms with E-state index in [1.54, 1.807) is 0 Å². The van der Waals surface area contributed by atoms with Crippen LogP contribution in [0.3, 0.4) is 0 Å². The Morgan fingerprint density at radius 2 is 2.00 bits per heavy atom. The smallest absolute Gasteiger partial charge is 0.388 e. The summed E-state index contributed by atoms with van der Waals surface area (Å²) in [5.41, 5.74) is 0.0278. The molecular formula is C11H11BrF4O2. The highest BCUT2D eigenvalue weighted by atomic mass is 79.9. The van der Waals surface area contributed by atoms with Crippen molar-refractivity contribution in [2.45, 2.75) is 18.7 Å². The molecule has 1 aromatic carbocycles. The van der Waals surface area contributed by atoms with Gasteiger partial charge in [0.2, 0.25) is 0 Å². The van der Waals surface area contributed by atoms with Crippen molar-refractivity contribution in [1.82, 2.24) is 0 Å². The van der Waals surface area contributed by atoms with Gasteiger partial charge in [0.05, 0.1) is 10.6 Å². The van der Waals surface area contributed by atoms with Gasteiger partial charge in [0.1, 0.15) is 12.4 Å². The van der Waals surface area contributed by atoms with E-state index < -0.39 is 24.7 Å². The molecule has 0 aliphatic heterocycles. The van der Waals surface area contributed by atoms with Gasteiger partial charge in [0.25, 0.3) is 0 Å². The molecule has 1 atom stereocenters. The maximum atomic E-state index is 13.5. The minimum atomic E-state index is -4.40. The second-order valence-electron chi connectivity index (χ2n) is 3.62. The van der Waals surface area contributed by atoms with Crippen molar-refractivity contribution >= 4 is 15.9 Å². The van der Waals surface area contributed by atoms with Crippen LogP contribution in [0.5, 0.6) is 0 Å². The molecule has 1 aromatic rings. The molecule has 0 fully saturated rings. The van der Waals surface area contributed by atoms with E-state index in [2.05, 4.69) is 20.7 Å². The van der Waals surface area contributed by atoms with Gasteiger partial charge in [-0.15, -0.1) is 0 Å². The Balaban J connectivity index is 2.46. The maximum Gasteiger partial charge on any atom is 0.411 e. The number of ether oxygens (including phenoxy) is 1. The third-order valence-electron chi connectivity index (χ3n) is 2.14. The number of alkyl halides is 3. The third kappa shape index (κ3) is 4.91. The average molecular weight is 331 g/mol. The van der Waals surface area contributed by atoms with E-state index >= 15 is 0 Å². The van der Waals surface area contributed by atoms with Crippen molar-refractivity contribution < 1.29 is 27.4 Å². The van der Waals surface area contributed by atoms with Gasteiger partial charge in [0, 0.05) is 18.6 Å². The summed E-state index contributed by atoms with van der Waals surface area (Å²) < 4.78 is 53.4. The van der Waals surface area contributed by atoms with E-state index in [1.165, 1.54) is 18.2 Å². The zero-order chi connectivity index (χ0) is 13.8. The standard InChI is InChI=1S/C11H11BrF4O2/c12-8-3-1-2-7(10(8)13)9(17)4-5-18-6-11(14,15)16/h1-3,9,17H,4-6H2. The molecule has 0 aromatic heterocycles. The second-order valence-corrected chi connectivity index (χ2v) is 4.47. The predicted octanol–water partition coefficient (Wildman–Crippen LogP) is 3.59. The summed E-state index contributed by atoms with van der Waals surface area (Å²) in [5.74, 6) is -0.624. The molecule has 1 rings (SSSR count). The van der Waals surface area contributed by atoms with E-state index in [1.807, 2.05) is 0 Å². The van der Waals surface area contributed by atoms with Crippen LogP contribution in [0.15, 0.2) is 22.7 Å². The second kappa shape index (κ2) is 6.49. The van der Waals surface area contributed by atoms with E-state index in [0.29, 0.717) is 0 Å². The van der Waals surface area contributed by atoms with Crippen molar-refractivity contribution in [2.75, 3.05) is 13.2 Å². The molecule has 0 aliphatic carbocycles. The molecule has 0 amide bonds. The number of halogens is 5.